The first kappa shape index (κ1) is 24.9. The number of hydrogen-bond acceptors (Lipinski definition) is 4. The van der Waals surface area contributed by atoms with Crippen molar-refractivity contribution in [1.29, 1.82) is 0 Å². The molecule has 0 saturated carbocycles. The smallest absolute Gasteiger partial charge is 0.346 e. The van der Waals surface area contributed by atoms with Crippen LogP contribution in [0.1, 0.15) is 39.9 Å². The Bertz CT molecular complexity index is 1220. The maximum atomic E-state index is 14.5. The number of fused-ring (bicyclic) bond motifs is 1. The summed E-state index contributed by atoms with van der Waals surface area (Å²) in [6.45, 7) is -0.0281. The van der Waals surface area contributed by atoms with E-state index in [1.54, 1.807) is 33.9 Å². The van der Waals surface area contributed by atoms with E-state index in [0.29, 0.717) is 29.5 Å². The van der Waals surface area contributed by atoms with Crippen molar-refractivity contribution in [2.75, 3.05) is 0 Å². The summed E-state index contributed by atoms with van der Waals surface area (Å²) in [5.41, 5.74) is 1.07. The third-order valence-corrected chi connectivity index (χ3v) is 6.77. The minimum absolute atomic E-state index is 0.142. The second-order valence-corrected chi connectivity index (χ2v) is 9.88. The first-order chi connectivity index (χ1) is 16.4. The molecule has 2 aromatic carbocycles. The number of carbonyl (C=O) groups is 4. The van der Waals surface area contributed by atoms with Gasteiger partial charge in [0.2, 0.25) is 11.8 Å². The lowest BCUT2D eigenvalue weighted by Gasteiger charge is -2.25. The number of rotatable bonds is 5. The molecule has 0 aliphatic carbocycles. The van der Waals surface area contributed by atoms with Gasteiger partial charge in [-0.15, -0.1) is 0 Å². The van der Waals surface area contributed by atoms with Gasteiger partial charge in [-0.3, -0.25) is 24.5 Å². The zero-order valence-corrected chi connectivity index (χ0v) is 19.9. The van der Waals surface area contributed by atoms with Gasteiger partial charge in [0.1, 0.15) is 21.7 Å². The Morgan fingerprint density at radius 1 is 1.17 bits per heavy atom. The van der Waals surface area contributed by atoms with Gasteiger partial charge in [0.15, 0.2) is 0 Å². The summed E-state index contributed by atoms with van der Waals surface area (Å²) in [5, 5.41) is 4.18. The molecule has 2 aliphatic rings. The Morgan fingerprint density at radius 3 is 2.54 bits per heavy atom. The predicted octanol–water partition coefficient (Wildman–Crippen LogP) is 0.892. The van der Waals surface area contributed by atoms with Crippen LogP contribution in [0.15, 0.2) is 42.5 Å². The lowest BCUT2D eigenvalue weighted by molar-refractivity contribution is -0.147. The van der Waals surface area contributed by atoms with Gasteiger partial charge >= 0.3 is 5.92 Å². The molecule has 1 fully saturated rings. The van der Waals surface area contributed by atoms with Crippen LogP contribution in [-0.4, -0.2) is 50.3 Å². The average molecular weight is 500 g/mol. The van der Waals surface area contributed by atoms with Crippen molar-refractivity contribution >= 4 is 50.9 Å². The molecule has 12 heteroatoms. The van der Waals surface area contributed by atoms with E-state index in [9.17, 15) is 28.0 Å². The maximum Gasteiger partial charge on any atom is 0.349 e. The number of benzene rings is 2. The highest BCUT2D eigenvalue weighted by molar-refractivity contribution is 6.51. The van der Waals surface area contributed by atoms with Crippen molar-refractivity contribution in [1.82, 2.24) is 15.5 Å². The van der Waals surface area contributed by atoms with Crippen molar-refractivity contribution in [2.24, 2.45) is 0 Å². The second kappa shape index (κ2) is 9.11. The molecule has 4 rings (SSSR count). The topological polar surface area (TPSA) is 95.6 Å². The summed E-state index contributed by atoms with van der Waals surface area (Å²) in [5.74, 6) is -6.43. The molecule has 2 aliphatic heterocycles. The minimum atomic E-state index is -3.74. The molecule has 0 aromatic heterocycles. The van der Waals surface area contributed by atoms with Crippen molar-refractivity contribution in [2.45, 2.75) is 43.1 Å². The molecule has 35 heavy (non-hydrogen) atoms. The van der Waals surface area contributed by atoms with Crippen LogP contribution >= 0.6 is 11.6 Å². The zero-order valence-electron chi connectivity index (χ0n) is 19.2. The molecule has 2 heterocycles. The largest absolute Gasteiger partial charge is 0.349 e. The molecular weight excluding hydrogens is 477 g/mol. The summed E-state index contributed by atoms with van der Waals surface area (Å²) < 4.78 is 29.0. The molecule has 2 N–H and O–H groups in total. The SMILES string of the molecule is BC1(B)CC[C@H](N2Cc3cc(CNC(=O)C(F)(F)c4ccc(Cl)cc4)ccc3C2=O)C(=O)NC1=O. The van der Waals surface area contributed by atoms with E-state index in [0.717, 1.165) is 12.1 Å². The monoisotopic (exact) mass is 499 g/mol. The highest BCUT2D eigenvalue weighted by Crippen LogP contribution is 2.33. The predicted molar refractivity (Wildman–Crippen MR) is 129 cm³/mol. The van der Waals surface area contributed by atoms with Gasteiger partial charge in [-0.25, -0.2) is 0 Å². The molecular formula is C23H22B2ClF2N3O4. The van der Waals surface area contributed by atoms with Gasteiger partial charge in [0.25, 0.3) is 11.8 Å². The summed E-state index contributed by atoms with van der Waals surface area (Å²) in [7, 11) is 3.49. The van der Waals surface area contributed by atoms with Gasteiger partial charge in [-0.1, -0.05) is 42.3 Å². The third-order valence-electron chi connectivity index (χ3n) is 6.52. The van der Waals surface area contributed by atoms with E-state index < -0.39 is 34.6 Å². The minimum Gasteiger partial charge on any atom is -0.346 e. The third kappa shape index (κ3) is 4.82. The molecule has 180 valence electrons. The number of nitrogens with one attached hydrogen (secondary N) is 2. The van der Waals surface area contributed by atoms with Crippen molar-refractivity contribution in [3.05, 3.63) is 69.7 Å². The molecule has 0 spiro atoms. The number of alkyl halides is 2. The second-order valence-electron chi connectivity index (χ2n) is 9.45. The van der Waals surface area contributed by atoms with Crippen LogP contribution in [0.25, 0.3) is 0 Å². The van der Waals surface area contributed by atoms with Crippen molar-refractivity contribution in [3.8, 4) is 0 Å². The standard InChI is InChI=1S/C23H22B2ClF2N3O4/c24-22(25)8-7-17(18(32)30-20(22)34)31-11-13-9-12(1-6-16(13)19(31)33)10-29-21(35)23(27,28)14-2-4-15(26)5-3-14/h1-6,9,17H,7-8,10-11,24-25H2,(H,29,35)(H,30,32,34)/t17-/m0/s1. The summed E-state index contributed by atoms with van der Waals surface area (Å²) >= 11 is 5.72. The fourth-order valence-corrected chi connectivity index (χ4v) is 4.37. The highest BCUT2D eigenvalue weighted by atomic mass is 35.5. The summed E-state index contributed by atoms with van der Waals surface area (Å²) in [6.07, 6.45) is 0.779. The lowest BCUT2D eigenvalue weighted by Crippen LogP contribution is -2.47. The van der Waals surface area contributed by atoms with E-state index in [-0.39, 0.29) is 29.9 Å². The van der Waals surface area contributed by atoms with Crippen LogP contribution < -0.4 is 10.6 Å². The Hall–Kier alpha value is -3.20. The molecule has 1 atom stereocenters. The fraction of sp³-hybridized carbons (Fsp3) is 0.304. The van der Waals surface area contributed by atoms with E-state index in [2.05, 4.69) is 10.6 Å². The quantitative estimate of drug-likeness (QED) is 0.472. The number of nitrogens with zero attached hydrogens (tertiary/aromatic N) is 1. The summed E-state index contributed by atoms with van der Waals surface area (Å²) in [4.78, 5) is 51.4. The molecule has 2 aromatic rings. The Kier molecular flexibility index (Phi) is 6.48. The van der Waals surface area contributed by atoms with E-state index in [1.165, 1.54) is 17.0 Å². The van der Waals surface area contributed by atoms with Crippen LogP contribution in [0.2, 0.25) is 10.2 Å². The number of carbonyl (C=O) groups excluding carboxylic acids is 4. The molecule has 0 radical (unpaired) electrons. The van der Waals surface area contributed by atoms with Gasteiger partial charge in [0, 0.05) is 29.2 Å². The number of imide groups is 1. The van der Waals surface area contributed by atoms with Crippen molar-refractivity contribution in [3.63, 3.8) is 0 Å². The van der Waals surface area contributed by atoms with Crippen molar-refractivity contribution < 1.29 is 28.0 Å². The highest BCUT2D eigenvalue weighted by Gasteiger charge is 2.43. The normalized spacial score (nSPS) is 19.7. The van der Waals surface area contributed by atoms with Crippen LogP contribution in [0.5, 0.6) is 0 Å². The Balaban J connectivity index is 1.45. The van der Waals surface area contributed by atoms with Gasteiger partial charge in [0.05, 0.1) is 0 Å². The Morgan fingerprint density at radius 2 is 1.86 bits per heavy atom. The summed E-state index contributed by atoms with van der Waals surface area (Å²) in [6, 6.07) is 8.74. The molecule has 4 amide bonds. The van der Waals surface area contributed by atoms with Gasteiger partial charge < -0.3 is 10.2 Å². The van der Waals surface area contributed by atoms with E-state index in [1.807, 2.05) is 0 Å². The van der Waals surface area contributed by atoms with E-state index in [4.69, 9.17) is 11.6 Å². The number of amides is 4. The average Bonchev–Trinajstić information content (AvgIpc) is 3.08. The van der Waals surface area contributed by atoms with Crippen LogP contribution in [0.4, 0.5) is 8.78 Å². The van der Waals surface area contributed by atoms with E-state index >= 15 is 0 Å². The number of hydrogen-bond donors (Lipinski definition) is 2. The molecule has 7 nitrogen and oxygen atoms in total. The van der Waals surface area contributed by atoms with Gasteiger partial charge in [-0.05, 0) is 41.0 Å². The fourth-order valence-electron chi connectivity index (χ4n) is 4.25. The Labute approximate surface area is 207 Å². The first-order valence-electron chi connectivity index (χ1n) is 11.1. The lowest BCUT2D eigenvalue weighted by atomic mass is 9.52. The van der Waals surface area contributed by atoms with Crippen LogP contribution in [-0.2, 0) is 33.4 Å². The maximum absolute atomic E-state index is 14.5. The molecule has 0 bridgehead atoms. The van der Waals surface area contributed by atoms with Crippen LogP contribution in [0.3, 0.4) is 0 Å². The van der Waals surface area contributed by atoms with Gasteiger partial charge in [-0.2, -0.15) is 8.78 Å². The molecule has 1 saturated heterocycles. The number of halogens is 3. The zero-order chi connectivity index (χ0) is 25.5. The molecule has 0 unspecified atom stereocenters. The van der Waals surface area contributed by atoms with Crippen LogP contribution in [0, 0.1) is 0 Å². The first-order valence-corrected chi connectivity index (χ1v) is 11.5.